The predicted molar refractivity (Wildman–Crippen MR) is 89.0 cm³/mol. The number of carbonyl (C=O) groups is 2. The number of nitrogens with one attached hydrogen (secondary N) is 1. The van der Waals surface area contributed by atoms with Crippen LogP contribution in [-0.4, -0.2) is 48.2 Å². The number of hydrogen-bond acceptors (Lipinski definition) is 5. The topological polar surface area (TPSA) is 67.9 Å². The van der Waals surface area contributed by atoms with Gasteiger partial charge in [-0.15, -0.1) is 0 Å². The number of hydrogen-bond donors (Lipinski definition) is 1. The van der Waals surface area contributed by atoms with Gasteiger partial charge in [0.1, 0.15) is 13.2 Å². The van der Waals surface area contributed by atoms with Crippen LogP contribution in [0.5, 0.6) is 0 Å². The van der Waals surface area contributed by atoms with Crippen molar-refractivity contribution < 1.29 is 19.1 Å². The zero-order valence-corrected chi connectivity index (χ0v) is 13.8. The minimum atomic E-state index is -0.399. The molecule has 1 fully saturated rings. The molecule has 0 aromatic heterocycles. The highest BCUT2D eigenvalue weighted by molar-refractivity contribution is 7.80. The van der Waals surface area contributed by atoms with Gasteiger partial charge < -0.3 is 14.8 Å². The molecule has 1 aliphatic heterocycles. The fourth-order valence-corrected chi connectivity index (χ4v) is 2.73. The lowest BCUT2D eigenvalue weighted by molar-refractivity contribution is -0.139. The van der Waals surface area contributed by atoms with E-state index in [0.717, 1.165) is 18.4 Å². The number of rotatable bonds is 5. The second kappa shape index (κ2) is 8.47. The second-order valence-corrected chi connectivity index (χ2v) is 5.63. The van der Waals surface area contributed by atoms with E-state index in [1.807, 2.05) is 30.3 Å². The maximum Gasteiger partial charge on any atom is 0.410 e. The summed E-state index contributed by atoms with van der Waals surface area (Å²) in [6.45, 7) is 0.822. The van der Waals surface area contributed by atoms with Crippen molar-refractivity contribution in [2.75, 3.05) is 20.2 Å². The van der Waals surface area contributed by atoms with Crippen molar-refractivity contribution in [2.24, 2.45) is 0 Å². The van der Waals surface area contributed by atoms with Crippen molar-refractivity contribution in [3.8, 4) is 0 Å². The van der Waals surface area contributed by atoms with Gasteiger partial charge in [-0.2, -0.15) is 0 Å². The van der Waals surface area contributed by atoms with Gasteiger partial charge in [-0.25, -0.2) is 4.79 Å². The third-order valence-electron chi connectivity index (χ3n) is 3.63. The quantitative estimate of drug-likeness (QED) is 0.654. The first-order valence-corrected chi connectivity index (χ1v) is 7.84. The molecule has 0 bridgehead atoms. The number of likely N-dealkylation sites (tertiary alicyclic amines) is 1. The van der Waals surface area contributed by atoms with Crippen molar-refractivity contribution in [3.63, 3.8) is 0 Å². The minimum absolute atomic E-state index is 0.00125. The molecule has 0 saturated carbocycles. The molecule has 7 heteroatoms. The van der Waals surface area contributed by atoms with E-state index < -0.39 is 12.1 Å². The van der Waals surface area contributed by atoms with E-state index in [-0.39, 0.29) is 19.2 Å². The standard InChI is InChI=1S/C16H20N2O4S/c1-21-14(19)10-17-15(23)13-8-5-9-18(13)16(20)22-11-12-6-3-2-4-7-12/h2-4,6-7,13H,5,8-11H2,1H3,(H,17,23)/t13-/m0/s1. The van der Waals surface area contributed by atoms with E-state index >= 15 is 0 Å². The van der Waals surface area contributed by atoms with E-state index in [4.69, 9.17) is 17.0 Å². The van der Waals surface area contributed by atoms with Gasteiger partial charge in [-0.1, -0.05) is 42.5 Å². The summed E-state index contributed by atoms with van der Waals surface area (Å²) in [4.78, 5) is 25.5. The Bertz CT molecular complexity index is 564. The molecule has 2 rings (SSSR count). The summed E-state index contributed by atoms with van der Waals surface area (Å²) in [6.07, 6.45) is 1.22. The highest BCUT2D eigenvalue weighted by atomic mass is 32.1. The molecule has 0 spiro atoms. The zero-order chi connectivity index (χ0) is 16.7. The molecule has 1 heterocycles. The Morgan fingerprint density at radius 3 is 2.78 bits per heavy atom. The molecule has 23 heavy (non-hydrogen) atoms. The van der Waals surface area contributed by atoms with Crippen molar-refractivity contribution >= 4 is 29.3 Å². The highest BCUT2D eigenvalue weighted by Crippen LogP contribution is 2.19. The predicted octanol–water partition coefficient (Wildman–Crippen LogP) is 1.88. The summed E-state index contributed by atoms with van der Waals surface area (Å²) in [5.41, 5.74) is 0.933. The Balaban J connectivity index is 1.86. The molecule has 0 aliphatic carbocycles. The van der Waals surface area contributed by atoms with E-state index in [9.17, 15) is 9.59 Å². The third kappa shape index (κ3) is 4.92. The average Bonchev–Trinajstić information content (AvgIpc) is 3.08. The van der Waals surface area contributed by atoms with Crippen LogP contribution in [0.2, 0.25) is 0 Å². The van der Waals surface area contributed by atoms with Gasteiger partial charge in [-0.05, 0) is 18.4 Å². The van der Waals surface area contributed by atoms with E-state index in [1.165, 1.54) is 7.11 Å². The molecular formula is C16H20N2O4S. The summed E-state index contributed by atoms with van der Waals surface area (Å²) >= 11 is 5.29. The van der Waals surface area contributed by atoms with Gasteiger partial charge in [0.25, 0.3) is 0 Å². The fraction of sp³-hybridized carbons (Fsp3) is 0.438. The molecular weight excluding hydrogens is 316 g/mol. The number of benzene rings is 1. The lowest BCUT2D eigenvalue weighted by Gasteiger charge is -2.25. The SMILES string of the molecule is COC(=O)CNC(=S)[C@@H]1CCCN1C(=O)OCc1ccccc1. The Morgan fingerprint density at radius 1 is 1.35 bits per heavy atom. The third-order valence-corrected chi connectivity index (χ3v) is 4.05. The molecule has 124 valence electrons. The minimum Gasteiger partial charge on any atom is -0.468 e. The first kappa shape index (κ1) is 17.2. The van der Waals surface area contributed by atoms with Gasteiger partial charge in [0.05, 0.1) is 18.1 Å². The molecule has 1 aliphatic rings. The smallest absolute Gasteiger partial charge is 0.410 e. The van der Waals surface area contributed by atoms with Crippen LogP contribution in [0.4, 0.5) is 4.79 Å². The molecule has 1 aromatic carbocycles. The Morgan fingerprint density at radius 2 is 2.09 bits per heavy atom. The number of methoxy groups -OCH3 is 1. The molecule has 0 unspecified atom stereocenters. The number of nitrogens with zero attached hydrogens (tertiary/aromatic N) is 1. The zero-order valence-electron chi connectivity index (χ0n) is 13.0. The first-order chi connectivity index (χ1) is 11.1. The van der Waals surface area contributed by atoms with Crippen LogP contribution in [0.3, 0.4) is 0 Å². The van der Waals surface area contributed by atoms with Crippen LogP contribution in [-0.2, 0) is 20.9 Å². The van der Waals surface area contributed by atoms with Gasteiger partial charge in [0.15, 0.2) is 0 Å². The molecule has 1 amide bonds. The molecule has 1 atom stereocenters. The number of esters is 1. The maximum atomic E-state index is 12.3. The molecule has 0 radical (unpaired) electrons. The Hall–Kier alpha value is -2.15. The maximum absolute atomic E-state index is 12.3. The summed E-state index contributed by atoms with van der Waals surface area (Å²) in [5.74, 6) is -0.399. The van der Waals surface area contributed by atoms with E-state index in [0.29, 0.717) is 11.5 Å². The summed E-state index contributed by atoms with van der Waals surface area (Å²) in [6, 6.07) is 9.27. The monoisotopic (exact) mass is 336 g/mol. The first-order valence-electron chi connectivity index (χ1n) is 7.43. The van der Waals surface area contributed by atoms with Crippen molar-refractivity contribution in [1.29, 1.82) is 0 Å². The second-order valence-electron chi connectivity index (χ2n) is 5.19. The van der Waals surface area contributed by atoms with Crippen LogP contribution < -0.4 is 5.32 Å². The number of ether oxygens (including phenoxy) is 2. The number of carbonyl (C=O) groups excluding carboxylic acids is 2. The summed E-state index contributed by atoms with van der Waals surface area (Å²) < 4.78 is 9.91. The average molecular weight is 336 g/mol. The van der Waals surface area contributed by atoms with Crippen molar-refractivity contribution in [1.82, 2.24) is 10.2 Å². The lowest BCUT2D eigenvalue weighted by atomic mass is 10.2. The van der Waals surface area contributed by atoms with Crippen LogP contribution in [0.25, 0.3) is 0 Å². The van der Waals surface area contributed by atoms with E-state index in [2.05, 4.69) is 10.1 Å². The summed E-state index contributed by atoms with van der Waals surface area (Å²) in [5, 5.41) is 2.84. The molecule has 1 aromatic rings. The van der Waals surface area contributed by atoms with Gasteiger partial charge >= 0.3 is 12.1 Å². The van der Waals surface area contributed by atoms with E-state index in [1.54, 1.807) is 4.90 Å². The van der Waals surface area contributed by atoms with Gasteiger partial charge in [-0.3, -0.25) is 9.69 Å². The Kier molecular flexibility index (Phi) is 6.34. The highest BCUT2D eigenvalue weighted by Gasteiger charge is 2.33. The lowest BCUT2D eigenvalue weighted by Crippen LogP contribution is -2.46. The van der Waals surface area contributed by atoms with Crippen molar-refractivity contribution in [2.45, 2.75) is 25.5 Å². The fourth-order valence-electron chi connectivity index (χ4n) is 2.41. The summed E-state index contributed by atoms with van der Waals surface area (Å²) in [7, 11) is 1.32. The van der Waals surface area contributed by atoms with Crippen LogP contribution in [0.1, 0.15) is 18.4 Å². The van der Waals surface area contributed by atoms with Gasteiger partial charge in [0.2, 0.25) is 0 Å². The van der Waals surface area contributed by atoms with Crippen LogP contribution >= 0.6 is 12.2 Å². The number of amides is 1. The van der Waals surface area contributed by atoms with Crippen LogP contribution in [0, 0.1) is 0 Å². The molecule has 1 N–H and O–H groups in total. The largest absolute Gasteiger partial charge is 0.468 e. The number of thiocarbonyl (C=S) groups is 1. The molecule has 1 saturated heterocycles. The normalized spacial score (nSPS) is 16.7. The Labute approximate surface area is 140 Å². The van der Waals surface area contributed by atoms with Crippen LogP contribution in [0.15, 0.2) is 30.3 Å². The van der Waals surface area contributed by atoms with Gasteiger partial charge in [0, 0.05) is 6.54 Å². The van der Waals surface area contributed by atoms with Crippen molar-refractivity contribution in [3.05, 3.63) is 35.9 Å². The molecule has 6 nitrogen and oxygen atoms in total.